The molecule has 1 aliphatic heterocycles. The summed E-state index contributed by atoms with van der Waals surface area (Å²) in [5.74, 6) is -0.266. The second-order valence-electron chi connectivity index (χ2n) is 6.58. The van der Waals surface area contributed by atoms with E-state index in [1.165, 1.54) is 56.7 Å². The molecule has 0 spiro atoms. The highest BCUT2D eigenvalue weighted by Gasteiger charge is 2.28. The van der Waals surface area contributed by atoms with Gasteiger partial charge in [-0.2, -0.15) is 0 Å². The van der Waals surface area contributed by atoms with E-state index < -0.39 is 11.8 Å². The number of halogens is 1. The second kappa shape index (κ2) is 8.31. The van der Waals surface area contributed by atoms with E-state index in [2.05, 4.69) is 0 Å². The van der Waals surface area contributed by atoms with Gasteiger partial charge in [-0.25, -0.2) is 9.18 Å². The van der Waals surface area contributed by atoms with Gasteiger partial charge in [0.05, 0.1) is 25.3 Å². The Kier molecular flexibility index (Phi) is 5.41. The molecule has 0 aliphatic carbocycles. The molecule has 0 bridgehead atoms. The highest BCUT2D eigenvalue weighted by atomic mass is 19.1. The third-order valence-corrected chi connectivity index (χ3v) is 4.65. The van der Waals surface area contributed by atoms with E-state index in [0.717, 1.165) is 0 Å². The Bertz CT molecular complexity index is 1210. The molecule has 3 aromatic carbocycles. The van der Waals surface area contributed by atoms with Gasteiger partial charge in [-0.15, -0.1) is 0 Å². The first kappa shape index (κ1) is 20.2. The molecular formula is C24H17FO6. The van der Waals surface area contributed by atoms with Gasteiger partial charge in [0.25, 0.3) is 0 Å². The van der Waals surface area contributed by atoms with Crippen LogP contribution in [0.15, 0.2) is 66.4 Å². The maximum Gasteiger partial charge on any atom is 0.346 e. The van der Waals surface area contributed by atoms with Gasteiger partial charge in [0, 0.05) is 6.07 Å². The third kappa shape index (κ3) is 3.98. The number of rotatable bonds is 5. The molecule has 0 atom stereocenters. The lowest BCUT2D eigenvalue weighted by Crippen LogP contribution is -2.10. The molecule has 156 valence electrons. The average molecular weight is 420 g/mol. The van der Waals surface area contributed by atoms with E-state index in [1.54, 1.807) is 24.3 Å². The standard InChI is InChI=1S/C24H17FO6/c1-28-19-10-7-14(11-21(19)29-2)12-22-23(26)17-9-8-15(13-20(17)31-22)30-24(27)16-5-3-4-6-18(16)25/h3-13H,1-2H3/b22-12-. The minimum atomic E-state index is -0.844. The summed E-state index contributed by atoms with van der Waals surface area (Å²) >= 11 is 0. The Morgan fingerprint density at radius 3 is 2.48 bits per heavy atom. The van der Waals surface area contributed by atoms with E-state index in [0.29, 0.717) is 22.6 Å². The highest BCUT2D eigenvalue weighted by molar-refractivity contribution is 6.14. The Balaban J connectivity index is 1.56. The molecule has 31 heavy (non-hydrogen) atoms. The molecule has 0 N–H and O–H groups in total. The number of carbonyl (C=O) groups is 2. The van der Waals surface area contributed by atoms with E-state index in [-0.39, 0.29) is 28.6 Å². The fraction of sp³-hybridized carbons (Fsp3) is 0.0833. The van der Waals surface area contributed by atoms with Crippen LogP contribution in [0.3, 0.4) is 0 Å². The molecule has 0 saturated carbocycles. The molecule has 0 radical (unpaired) electrons. The molecule has 0 amide bonds. The van der Waals surface area contributed by atoms with Crippen LogP contribution in [0, 0.1) is 5.82 Å². The van der Waals surface area contributed by atoms with Crippen molar-refractivity contribution in [2.75, 3.05) is 14.2 Å². The van der Waals surface area contributed by atoms with Crippen LogP contribution in [-0.4, -0.2) is 26.0 Å². The maximum atomic E-state index is 13.8. The van der Waals surface area contributed by atoms with Crippen LogP contribution in [0.4, 0.5) is 4.39 Å². The van der Waals surface area contributed by atoms with Gasteiger partial charge < -0.3 is 18.9 Å². The predicted molar refractivity (Wildman–Crippen MR) is 110 cm³/mol. The second-order valence-corrected chi connectivity index (χ2v) is 6.58. The number of benzene rings is 3. The van der Waals surface area contributed by atoms with Crippen LogP contribution in [0.25, 0.3) is 6.08 Å². The monoisotopic (exact) mass is 420 g/mol. The Morgan fingerprint density at radius 1 is 0.968 bits per heavy atom. The number of hydrogen-bond acceptors (Lipinski definition) is 6. The normalized spacial score (nSPS) is 13.5. The lowest BCUT2D eigenvalue weighted by atomic mass is 10.1. The number of ether oxygens (including phenoxy) is 4. The van der Waals surface area contributed by atoms with Crippen LogP contribution in [0.2, 0.25) is 0 Å². The van der Waals surface area contributed by atoms with E-state index in [1.807, 2.05) is 0 Å². The number of carbonyl (C=O) groups excluding carboxylic acids is 2. The zero-order valence-corrected chi connectivity index (χ0v) is 16.7. The van der Waals surface area contributed by atoms with Crippen molar-refractivity contribution in [3.05, 3.63) is 88.9 Å². The fourth-order valence-corrected chi connectivity index (χ4v) is 3.11. The van der Waals surface area contributed by atoms with Crippen LogP contribution in [0.5, 0.6) is 23.0 Å². The van der Waals surface area contributed by atoms with E-state index in [9.17, 15) is 14.0 Å². The number of ketones is 1. The number of fused-ring (bicyclic) bond motifs is 1. The summed E-state index contributed by atoms with van der Waals surface area (Å²) in [5.41, 5.74) is 0.825. The lowest BCUT2D eigenvalue weighted by molar-refractivity contribution is 0.0729. The Labute approximate surface area is 177 Å². The number of hydrogen-bond donors (Lipinski definition) is 0. The van der Waals surface area contributed by atoms with Crippen molar-refractivity contribution in [3.63, 3.8) is 0 Å². The number of allylic oxidation sites excluding steroid dienone is 1. The smallest absolute Gasteiger partial charge is 0.346 e. The predicted octanol–water partition coefficient (Wildman–Crippen LogP) is 4.68. The van der Waals surface area contributed by atoms with Gasteiger partial charge in [-0.3, -0.25) is 4.79 Å². The summed E-state index contributed by atoms with van der Waals surface area (Å²) in [7, 11) is 3.05. The van der Waals surface area contributed by atoms with Gasteiger partial charge in [0.15, 0.2) is 17.3 Å². The van der Waals surface area contributed by atoms with Crippen molar-refractivity contribution in [2.45, 2.75) is 0 Å². The molecule has 0 unspecified atom stereocenters. The molecule has 0 aromatic heterocycles. The van der Waals surface area contributed by atoms with Crippen LogP contribution in [0.1, 0.15) is 26.3 Å². The van der Waals surface area contributed by atoms with Crippen molar-refractivity contribution < 1.29 is 32.9 Å². The number of methoxy groups -OCH3 is 2. The molecule has 3 aromatic rings. The minimum Gasteiger partial charge on any atom is -0.493 e. The quantitative estimate of drug-likeness (QED) is 0.339. The summed E-state index contributed by atoms with van der Waals surface area (Å²) in [5, 5.41) is 0. The summed E-state index contributed by atoms with van der Waals surface area (Å²) < 4.78 is 35.2. The Morgan fingerprint density at radius 2 is 1.74 bits per heavy atom. The highest BCUT2D eigenvalue weighted by Crippen LogP contribution is 2.36. The summed E-state index contributed by atoms with van der Waals surface area (Å²) in [6.07, 6.45) is 1.58. The van der Waals surface area contributed by atoms with Gasteiger partial charge in [-0.1, -0.05) is 18.2 Å². The molecule has 4 rings (SSSR count). The van der Waals surface area contributed by atoms with Crippen molar-refractivity contribution in [3.8, 4) is 23.0 Å². The number of Topliss-reactive ketones (excluding diaryl/α,β-unsaturated/α-hetero) is 1. The van der Waals surface area contributed by atoms with Gasteiger partial charge in [0.2, 0.25) is 5.78 Å². The minimum absolute atomic E-state index is 0.111. The van der Waals surface area contributed by atoms with Crippen LogP contribution >= 0.6 is 0 Å². The zero-order valence-electron chi connectivity index (χ0n) is 16.7. The Hall–Kier alpha value is -4.13. The molecule has 1 heterocycles. The summed E-state index contributed by atoms with van der Waals surface area (Å²) in [6.45, 7) is 0. The van der Waals surface area contributed by atoms with E-state index >= 15 is 0 Å². The first-order chi connectivity index (χ1) is 15.0. The van der Waals surface area contributed by atoms with Gasteiger partial charge in [-0.05, 0) is 48.0 Å². The van der Waals surface area contributed by atoms with Gasteiger partial charge in [0.1, 0.15) is 17.3 Å². The fourth-order valence-electron chi connectivity index (χ4n) is 3.11. The average Bonchev–Trinajstić information content (AvgIpc) is 3.08. The topological polar surface area (TPSA) is 71.1 Å². The molecular weight excluding hydrogens is 403 g/mol. The molecule has 0 fully saturated rings. The van der Waals surface area contributed by atoms with Gasteiger partial charge >= 0.3 is 5.97 Å². The first-order valence-corrected chi connectivity index (χ1v) is 9.27. The maximum absolute atomic E-state index is 13.8. The molecule has 7 heteroatoms. The SMILES string of the molecule is COc1ccc(/C=C2\Oc3cc(OC(=O)c4ccccc4F)ccc3C2=O)cc1OC. The third-order valence-electron chi connectivity index (χ3n) is 4.65. The largest absolute Gasteiger partial charge is 0.493 e. The van der Waals surface area contributed by atoms with Crippen LogP contribution in [-0.2, 0) is 0 Å². The van der Waals surface area contributed by atoms with Crippen LogP contribution < -0.4 is 18.9 Å². The molecule has 6 nitrogen and oxygen atoms in total. The number of esters is 1. The summed E-state index contributed by atoms with van der Waals surface area (Å²) in [4.78, 5) is 24.9. The van der Waals surface area contributed by atoms with Crippen molar-refractivity contribution in [1.29, 1.82) is 0 Å². The summed E-state index contributed by atoms with van der Waals surface area (Å²) in [6, 6.07) is 15.1. The van der Waals surface area contributed by atoms with E-state index in [4.69, 9.17) is 18.9 Å². The van der Waals surface area contributed by atoms with Crippen molar-refractivity contribution in [2.24, 2.45) is 0 Å². The zero-order chi connectivity index (χ0) is 22.0. The molecule has 1 aliphatic rings. The molecule has 0 saturated heterocycles. The lowest BCUT2D eigenvalue weighted by Gasteiger charge is -2.08. The van der Waals surface area contributed by atoms with Crippen molar-refractivity contribution >= 4 is 17.8 Å². The first-order valence-electron chi connectivity index (χ1n) is 9.27. The van der Waals surface area contributed by atoms with Crippen molar-refractivity contribution in [1.82, 2.24) is 0 Å².